The van der Waals surface area contributed by atoms with Crippen molar-refractivity contribution in [1.82, 2.24) is 0 Å². The van der Waals surface area contributed by atoms with Gasteiger partial charge in [-0.3, -0.25) is 0 Å². The van der Waals surface area contributed by atoms with E-state index >= 15 is 0 Å². The zero-order valence-corrected chi connectivity index (χ0v) is 18.3. The summed E-state index contributed by atoms with van der Waals surface area (Å²) in [6.45, 7) is 5.59. The van der Waals surface area contributed by atoms with Crippen LogP contribution in [0.15, 0.2) is 24.3 Å². The second kappa shape index (κ2) is 10.6. The van der Waals surface area contributed by atoms with Crippen LogP contribution in [0.2, 0.25) is 0 Å². The van der Waals surface area contributed by atoms with Crippen LogP contribution in [0.1, 0.15) is 65.2 Å². The maximum atomic E-state index is 10.4. The first-order valence-electron chi connectivity index (χ1n) is 10.8. The summed E-state index contributed by atoms with van der Waals surface area (Å²) >= 11 is 1.62. The molecule has 0 bridgehead atoms. The Kier molecular flexibility index (Phi) is 7.87. The number of phenols is 2. The number of rotatable bonds is 12. The van der Waals surface area contributed by atoms with E-state index in [9.17, 15) is 10.2 Å². The third-order valence-corrected chi connectivity index (χ3v) is 6.26. The summed E-state index contributed by atoms with van der Waals surface area (Å²) in [5, 5.41) is 22.6. The third kappa shape index (κ3) is 5.47. The van der Waals surface area contributed by atoms with Crippen LogP contribution >= 0.6 is 11.3 Å². The fourth-order valence-corrected chi connectivity index (χ4v) is 4.59. The summed E-state index contributed by atoms with van der Waals surface area (Å²) in [6.07, 6.45) is 9.06. The minimum absolute atomic E-state index is 0.142. The maximum absolute atomic E-state index is 10.4. The van der Waals surface area contributed by atoms with Gasteiger partial charge in [-0.1, -0.05) is 52.4 Å². The van der Waals surface area contributed by atoms with Gasteiger partial charge in [0.1, 0.15) is 0 Å². The van der Waals surface area contributed by atoms with Gasteiger partial charge in [-0.05, 0) is 25.0 Å². The molecule has 0 unspecified atom stereocenters. The molecular weight excluding hydrogens is 384 g/mol. The monoisotopic (exact) mass is 416 g/mol. The van der Waals surface area contributed by atoms with E-state index in [0.29, 0.717) is 24.7 Å². The number of benzene rings is 2. The molecule has 0 saturated heterocycles. The van der Waals surface area contributed by atoms with Crippen LogP contribution in [0.4, 0.5) is 0 Å². The minimum atomic E-state index is 0.142. The molecule has 29 heavy (non-hydrogen) atoms. The molecule has 3 aromatic rings. The summed E-state index contributed by atoms with van der Waals surface area (Å²) in [7, 11) is 0. The minimum Gasteiger partial charge on any atom is -0.504 e. The van der Waals surface area contributed by atoms with Crippen LogP contribution in [0.5, 0.6) is 23.0 Å². The Morgan fingerprint density at radius 1 is 0.655 bits per heavy atom. The highest BCUT2D eigenvalue weighted by molar-refractivity contribution is 7.25. The number of hydrogen-bond acceptors (Lipinski definition) is 5. The van der Waals surface area contributed by atoms with Crippen LogP contribution < -0.4 is 9.47 Å². The Morgan fingerprint density at radius 3 is 1.52 bits per heavy atom. The van der Waals surface area contributed by atoms with Gasteiger partial charge in [-0.25, -0.2) is 0 Å². The zero-order valence-electron chi connectivity index (χ0n) is 17.5. The molecule has 2 N–H and O–H groups in total. The summed E-state index contributed by atoms with van der Waals surface area (Å²) in [5.41, 5.74) is 0. The first kappa shape index (κ1) is 21.6. The number of aromatic hydroxyl groups is 2. The molecule has 5 heteroatoms. The van der Waals surface area contributed by atoms with Crippen LogP contribution in [0.25, 0.3) is 20.2 Å². The molecule has 1 aromatic heterocycles. The fourth-order valence-electron chi connectivity index (χ4n) is 3.46. The van der Waals surface area contributed by atoms with Crippen molar-refractivity contribution in [2.75, 3.05) is 13.2 Å². The van der Waals surface area contributed by atoms with Gasteiger partial charge in [0.2, 0.25) is 0 Å². The molecule has 0 aliphatic carbocycles. The van der Waals surface area contributed by atoms with E-state index in [2.05, 4.69) is 13.8 Å². The van der Waals surface area contributed by atoms with E-state index in [0.717, 1.165) is 45.9 Å². The lowest BCUT2D eigenvalue weighted by atomic mass is 10.1. The van der Waals surface area contributed by atoms with Gasteiger partial charge in [-0.15, -0.1) is 11.3 Å². The van der Waals surface area contributed by atoms with Crippen molar-refractivity contribution in [2.45, 2.75) is 65.2 Å². The van der Waals surface area contributed by atoms with Crippen molar-refractivity contribution in [3.63, 3.8) is 0 Å². The lowest BCUT2D eigenvalue weighted by Gasteiger charge is -2.09. The van der Waals surface area contributed by atoms with Crippen molar-refractivity contribution in [2.24, 2.45) is 0 Å². The van der Waals surface area contributed by atoms with Gasteiger partial charge in [-0.2, -0.15) is 0 Å². The Bertz CT molecular complexity index is 857. The van der Waals surface area contributed by atoms with Gasteiger partial charge >= 0.3 is 0 Å². The summed E-state index contributed by atoms with van der Waals surface area (Å²) in [4.78, 5) is 0. The van der Waals surface area contributed by atoms with Crippen LogP contribution in [0, 0.1) is 0 Å². The van der Waals surface area contributed by atoms with E-state index in [4.69, 9.17) is 9.47 Å². The van der Waals surface area contributed by atoms with Gasteiger partial charge in [0, 0.05) is 32.3 Å². The molecule has 0 saturated carbocycles. The molecule has 4 nitrogen and oxygen atoms in total. The second-order valence-corrected chi connectivity index (χ2v) is 8.64. The predicted octanol–water partition coefficient (Wildman–Crippen LogP) is 7.38. The number of ether oxygens (including phenoxy) is 2. The normalized spacial score (nSPS) is 11.4. The molecule has 0 amide bonds. The molecule has 3 rings (SSSR count). The van der Waals surface area contributed by atoms with Gasteiger partial charge in [0.15, 0.2) is 23.0 Å². The fraction of sp³-hybridized carbons (Fsp3) is 0.500. The number of hydrogen-bond donors (Lipinski definition) is 2. The first-order chi connectivity index (χ1) is 14.1. The van der Waals surface area contributed by atoms with Gasteiger partial charge in [0.05, 0.1) is 13.2 Å². The highest BCUT2D eigenvalue weighted by Crippen LogP contribution is 2.44. The SMILES string of the molecule is CCCCCCOc1cc2sc3cc(OCCCCCC)c(O)cc3c2cc1O. The topological polar surface area (TPSA) is 58.9 Å². The van der Waals surface area contributed by atoms with E-state index in [1.54, 1.807) is 23.5 Å². The van der Waals surface area contributed by atoms with Crippen molar-refractivity contribution < 1.29 is 19.7 Å². The molecule has 2 aromatic carbocycles. The van der Waals surface area contributed by atoms with E-state index in [-0.39, 0.29) is 11.5 Å². The summed E-state index contributed by atoms with van der Waals surface area (Å²) in [5.74, 6) is 1.33. The van der Waals surface area contributed by atoms with Crippen LogP contribution in [-0.4, -0.2) is 23.4 Å². The highest BCUT2D eigenvalue weighted by Gasteiger charge is 2.14. The second-order valence-electron chi connectivity index (χ2n) is 7.55. The third-order valence-electron chi connectivity index (χ3n) is 5.14. The average Bonchev–Trinajstić information content (AvgIpc) is 3.04. The molecule has 158 valence electrons. The smallest absolute Gasteiger partial charge is 0.162 e. The molecule has 1 heterocycles. The Morgan fingerprint density at radius 2 is 1.10 bits per heavy atom. The average molecular weight is 417 g/mol. The molecule has 0 spiro atoms. The van der Waals surface area contributed by atoms with E-state index < -0.39 is 0 Å². The molecule has 0 aliphatic rings. The maximum Gasteiger partial charge on any atom is 0.162 e. The lowest BCUT2D eigenvalue weighted by Crippen LogP contribution is -1.97. The number of fused-ring (bicyclic) bond motifs is 3. The number of unbranched alkanes of at least 4 members (excludes halogenated alkanes) is 6. The lowest BCUT2D eigenvalue weighted by molar-refractivity contribution is 0.290. The molecule has 0 aliphatic heterocycles. The first-order valence-corrected chi connectivity index (χ1v) is 11.6. The molecule has 0 atom stereocenters. The predicted molar refractivity (Wildman–Crippen MR) is 122 cm³/mol. The van der Waals surface area contributed by atoms with Crippen molar-refractivity contribution in [3.8, 4) is 23.0 Å². The standard InChI is InChI=1S/C24H32O4S/c1-3-5-7-9-11-27-21-15-23-17(13-19(21)25)18-14-20(26)22(16-24(18)29-23)28-12-10-8-6-4-2/h13-16,25-26H,3-12H2,1-2H3. The zero-order chi connectivity index (χ0) is 20.6. The van der Waals surface area contributed by atoms with Crippen molar-refractivity contribution in [1.29, 1.82) is 0 Å². The van der Waals surface area contributed by atoms with E-state index in [1.807, 2.05) is 12.1 Å². The van der Waals surface area contributed by atoms with Gasteiger partial charge < -0.3 is 19.7 Å². The van der Waals surface area contributed by atoms with Gasteiger partial charge in [0.25, 0.3) is 0 Å². The Balaban J connectivity index is 1.76. The number of thiophene rings is 1. The molecular formula is C24H32O4S. The van der Waals surface area contributed by atoms with E-state index in [1.165, 1.54) is 25.7 Å². The van der Waals surface area contributed by atoms with Crippen molar-refractivity contribution in [3.05, 3.63) is 24.3 Å². The number of phenolic OH excluding ortho intramolecular Hbond substituents is 2. The Hall–Kier alpha value is -2.14. The van der Waals surface area contributed by atoms with Crippen LogP contribution in [-0.2, 0) is 0 Å². The molecule has 0 fully saturated rings. The molecule has 0 radical (unpaired) electrons. The largest absolute Gasteiger partial charge is 0.504 e. The Labute approximate surface area is 177 Å². The summed E-state index contributed by atoms with van der Waals surface area (Å²) < 4.78 is 13.7. The quantitative estimate of drug-likeness (QED) is 0.302. The van der Waals surface area contributed by atoms with Crippen LogP contribution in [0.3, 0.4) is 0 Å². The van der Waals surface area contributed by atoms with Crippen molar-refractivity contribution >= 4 is 31.5 Å². The summed E-state index contributed by atoms with van der Waals surface area (Å²) in [6, 6.07) is 7.27. The highest BCUT2D eigenvalue weighted by atomic mass is 32.1.